The van der Waals surface area contributed by atoms with E-state index in [4.69, 9.17) is 4.74 Å². The van der Waals surface area contributed by atoms with Crippen LogP contribution in [0.5, 0.6) is 0 Å². The van der Waals surface area contributed by atoms with Gasteiger partial charge in [-0.1, -0.05) is 42.5 Å². The number of hydrogen-bond acceptors (Lipinski definition) is 7. The van der Waals surface area contributed by atoms with E-state index in [-0.39, 0.29) is 16.1 Å². The number of rotatable bonds is 8. The number of sulfonamides is 1. The van der Waals surface area contributed by atoms with Gasteiger partial charge >= 0.3 is 5.97 Å². The van der Waals surface area contributed by atoms with Gasteiger partial charge in [0.2, 0.25) is 0 Å². The molecule has 0 saturated carbocycles. The van der Waals surface area contributed by atoms with Crippen molar-refractivity contribution in [3.8, 4) is 0 Å². The van der Waals surface area contributed by atoms with E-state index in [0.29, 0.717) is 23.5 Å². The molecule has 0 unspecified atom stereocenters. The topological polar surface area (TPSA) is 105 Å². The molecule has 5 rings (SSSR count). The predicted octanol–water partition coefficient (Wildman–Crippen LogP) is 5.29. The number of amides is 1. The quantitative estimate of drug-likeness (QED) is 0.275. The minimum atomic E-state index is -4.09. The van der Waals surface area contributed by atoms with Gasteiger partial charge in [0.1, 0.15) is 10.8 Å². The number of ether oxygens (including phenoxy) is 1. The van der Waals surface area contributed by atoms with E-state index in [1.807, 2.05) is 18.2 Å². The normalized spacial score (nSPS) is 13.3. The van der Waals surface area contributed by atoms with Crippen molar-refractivity contribution in [2.75, 3.05) is 23.7 Å². The Morgan fingerprint density at radius 1 is 1.00 bits per heavy atom. The second-order valence-corrected chi connectivity index (χ2v) is 12.0. The van der Waals surface area contributed by atoms with Crippen LogP contribution in [-0.4, -0.2) is 38.8 Å². The van der Waals surface area contributed by atoms with Crippen molar-refractivity contribution in [2.45, 2.75) is 24.4 Å². The molecular weight excluding hydrogens is 553 g/mol. The summed E-state index contributed by atoms with van der Waals surface area (Å²) in [5.41, 5.74) is 2.45. The molecular formula is C29H26FN3O5S2. The summed E-state index contributed by atoms with van der Waals surface area (Å²) in [7, 11) is -2.80. The Labute approximate surface area is 235 Å². The van der Waals surface area contributed by atoms with Gasteiger partial charge in [0.15, 0.2) is 0 Å². The van der Waals surface area contributed by atoms with Crippen LogP contribution in [0.3, 0.4) is 0 Å². The van der Waals surface area contributed by atoms with Crippen molar-refractivity contribution in [3.05, 3.63) is 112 Å². The molecule has 3 aromatic carbocycles. The van der Waals surface area contributed by atoms with Crippen LogP contribution in [0.2, 0.25) is 0 Å². The number of methoxy groups -OCH3 is 1. The third-order valence-electron chi connectivity index (χ3n) is 6.54. The molecule has 1 aliphatic rings. The number of esters is 1. The monoisotopic (exact) mass is 579 g/mol. The van der Waals surface area contributed by atoms with Gasteiger partial charge in [-0.25, -0.2) is 17.6 Å². The first kappa shape index (κ1) is 27.5. The zero-order valence-corrected chi connectivity index (χ0v) is 23.1. The molecule has 0 saturated heterocycles. The number of carbonyl (C=O) groups excluding carboxylic acids is 2. The SMILES string of the molecule is COC(=O)c1c(NC(=O)c2ccccc2NS(=O)(=O)c2ccc(F)cc2)sc2c1CCN(Cc1ccccc1)C2. The number of carbonyl (C=O) groups is 2. The fourth-order valence-electron chi connectivity index (χ4n) is 4.60. The third kappa shape index (κ3) is 5.91. The summed E-state index contributed by atoms with van der Waals surface area (Å²) < 4.78 is 46.5. The summed E-state index contributed by atoms with van der Waals surface area (Å²) >= 11 is 1.31. The fourth-order valence-corrected chi connectivity index (χ4v) is 6.95. The van der Waals surface area contributed by atoms with Crippen LogP contribution in [0.25, 0.3) is 0 Å². The summed E-state index contributed by atoms with van der Waals surface area (Å²) in [4.78, 5) is 29.3. The van der Waals surface area contributed by atoms with E-state index in [2.05, 4.69) is 27.1 Å². The summed E-state index contributed by atoms with van der Waals surface area (Å²) in [6, 6.07) is 20.6. The summed E-state index contributed by atoms with van der Waals surface area (Å²) in [5, 5.41) is 3.16. The Bertz CT molecular complexity index is 1650. The van der Waals surface area contributed by atoms with Crippen LogP contribution >= 0.6 is 11.3 Å². The highest BCUT2D eigenvalue weighted by atomic mass is 32.2. The first-order chi connectivity index (χ1) is 19.2. The van der Waals surface area contributed by atoms with Crippen molar-refractivity contribution >= 4 is 43.9 Å². The van der Waals surface area contributed by atoms with E-state index in [0.717, 1.165) is 47.8 Å². The Hall–Kier alpha value is -4.06. The molecule has 0 aliphatic carbocycles. The van der Waals surface area contributed by atoms with Crippen molar-refractivity contribution in [1.82, 2.24) is 4.90 Å². The van der Waals surface area contributed by atoms with E-state index in [1.165, 1.54) is 36.1 Å². The third-order valence-corrected chi connectivity index (χ3v) is 9.06. The molecule has 2 N–H and O–H groups in total. The molecule has 0 spiro atoms. The number of benzene rings is 3. The van der Waals surface area contributed by atoms with Gasteiger partial charge < -0.3 is 10.1 Å². The van der Waals surface area contributed by atoms with Gasteiger partial charge in [-0.05, 0) is 53.9 Å². The molecule has 206 valence electrons. The van der Waals surface area contributed by atoms with E-state index in [9.17, 15) is 22.4 Å². The number of hydrogen-bond donors (Lipinski definition) is 2. The Morgan fingerprint density at radius 2 is 1.70 bits per heavy atom. The summed E-state index contributed by atoms with van der Waals surface area (Å²) in [5.74, 6) is -1.71. The van der Waals surface area contributed by atoms with Gasteiger partial charge in [-0.2, -0.15) is 0 Å². The Balaban J connectivity index is 1.40. The van der Waals surface area contributed by atoms with Crippen LogP contribution in [-0.2, 0) is 34.3 Å². The highest BCUT2D eigenvalue weighted by molar-refractivity contribution is 7.92. The molecule has 2 heterocycles. The van der Waals surface area contributed by atoms with E-state index < -0.39 is 27.7 Å². The lowest BCUT2D eigenvalue weighted by molar-refractivity contribution is 0.0600. The van der Waals surface area contributed by atoms with Gasteiger partial charge in [0.05, 0.1) is 28.8 Å². The van der Waals surface area contributed by atoms with Gasteiger partial charge in [0, 0.05) is 24.5 Å². The Morgan fingerprint density at radius 3 is 2.42 bits per heavy atom. The number of thiophene rings is 1. The second-order valence-electron chi connectivity index (χ2n) is 9.20. The van der Waals surface area contributed by atoms with Crippen molar-refractivity contribution in [1.29, 1.82) is 0 Å². The minimum Gasteiger partial charge on any atom is -0.465 e. The standard InChI is InChI=1S/C29H26FN3O5S2/c1-38-29(35)26-23-15-16-33(17-19-7-3-2-4-8-19)18-25(23)39-28(26)31-27(34)22-9-5-6-10-24(22)32-40(36,37)21-13-11-20(30)12-14-21/h2-14,32H,15-18H2,1H3,(H,31,34). The molecule has 11 heteroatoms. The molecule has 4 aromatic rings. The minimum absolute atomic E-state index is 0.0410. The summed E-state index contributed by atoms with van der Waals surface area (Å²) in [6.07, 6.45) is 0.618. The number of nitrogens with zero attached hydrogens (tertiary/aromatic N) is 1. The smallest absolute Gasteiger partial charge is 0.341 e. The zero-order chi connectivity index (χ0) is 28.3. The number of halogens is 1. The molecule has 1 aliphatic heterocycles. The van der Waals surface area contributed by atoms with Crippen LogP contribution in [0.15, 0.2) is 83.8 Å². The van der Waals surface area contributed by atoms with Crippen LogP contribution in [0.1, 0.15) is 36.7 Å². The molecule has 0 atom stereocenters. The van der Waals surface area contributed by atoms with E-state index in [1.54, 1.807) is 12.1 Å². The van der Waals surface area contributed by atoms with Crippen molar-refractivity contribution in [3.63, 3.8) is 0 Å². The van der Waals surface area contributed by atoms with Crippen LogP contribution in [0, 0.1) is 5.82 Å². The maximum Gasteiger partial charge on any atom is 0.341 e. The summed E-state index contributed by atoms with van der Waals surface area (Å²) in [6.45, 7) is 2.11. The van der Waals surface area contributed by atoms with Crippen LogP contribution < -0.4 is 10.0 Å². The molecule has 0 radical (unpaired) electrons. The van der Waals surface area contributed by atoms with E-state index >= 15 is 0 Å². The maximum atomic E-state index is 13.4. The lowest BCUT2D eigenvalue weighted by atomic mass is 10.0. The van der Waals surface area contributed by atoms with Gasteiger partial charge in [0.25, 0.3) is 15.9 Å². The lowest BCUT2D eigenvalue weighted by Gasteiger charge is -2.27. The highest BCUT2D eigenvalue weighted by Gasteiger charge is 2.30. The van der Waals surface area contributed by atoms with Gasteiger partial charge in [-0.15, -0.1) is 11.3 Å². The average Bonchev–Trinajstić information content (AvgIpc) is 3.30. The molecule has 0 bridgehead atoms. The Kier molecular flexibility index (Phi) is 7.97. The number of fused-ring (bicyclic) bond motifs is 1. The number of para-hydroxylation sites is 1. The lowest BCUT2D eigenvalue weighted by Crippen LogP contribution is -2.29. The maximum absolute atomic E-state index is 13.4. The largest absolute Gasteiger partial charge is 0.465 e. The van der Waals surface area contributed by atoms with Gasteiger partial charge in [-0.3, -0.25) is 14.4 Å². The molecule has 0 fully saturated rings. The second kappa shape index (κ2) is 11.6. The first-order valence-electron chi connectivity index (χ1n) is 12.4. The molecule has 1 aromatic heterocycles. The van der Waals surface area contributed by atoms with Crippen molar-refractivity contribution < 1.29 is 27.1 Å². The first-order valence-corrected chi connectivity index (χ1v) is 14.7. The zero-order valence-electron chi connectivity index (χ0n) is 21.5. The number of nitrogens with one attached hydrogen (secondary N) is 2. The fraction of sp³-hybridized carbons (Fsp3) is 0.172. The highest BCUT2D eigenvalue weighted by Crippen LogP contribution is 2.38. The van der Waals surface area contributed by atoms with Crippen molar-refractivity contribution in [2.24, 2.45) is 0 Å². The molecule has 1 amide bonds. The molecule has 40 heavy (non-hydrogen) atoms. The average molecular weight is 580 g/mol. The predicted molar refractivity (Wildman–Crippen MR) is 152 cm³/mol. The molecule has 8 nitrogen and oxygen atoms in total. The van der Waals surface area contributed by atoms with Crippen LogP contribution in [0.4, 0.5) is 15.1 Å². The number of anilines is 2.